The number of thiophene rings is 1. The summed E-state index contributed by atoms with van der Waals surface area (Å²) in [6, 6.07) is 27.9. The maximum absolute atomic E-state index is 4.86. The Balaban J connectivity index is -0.0000000966. The molecule has 30 heteroatoms. The molecule has 716 valence electrons. The van der Waals surface area contributed by atoms with E-state index in [0.717, 1.165) is 68.7 Å². The lowest BCUT2D eigenvalue weighted by Gasteiger charge is -1.82. The lowest BCUT2D eigenvalue weighted by atomic mass is 10.2. The van der Waals surface area contributed by atoms with Crippen molar-refractivity contribution in [2.45, 2.75) is 312 Å². The van der Waals surface area contributed by atoms with Crippen LogP contribution in [0, 0.1) is 132 Å². The fraction of sp³-hybridized carbons (Fsp3) is 0.469. The first kappa shape index (κ1) is 144. The standard InChI is InChI=1S/C7H8.C5H7N.C5H6O.C5H6S.2C4H7N3.C4H6N2O.3C4H6N2.3C4H5NO.3C4H5NS.13C2H6/c1-7-5-3-2-4-6-7;3*1-5-3-2-4-6-5;2*1-3-5-4(2)7-6-3;1-3-5-6-4(2)7-3;1-4-2-5-3-6-4;1-4-5-2-3-6-4;1-4-2-3-5-6-4;1-4-2-5-3-6-4;1-4-5-2-3-6-4;1-4-2-3-5-6-4;1-4-2-5-3-6-4;1-4-5-2-3-6-4;1-4-2-3-5-6-4;13*1-2/h2-6H,1H3;2-4,6H,1H3;2*2-4H,1H3;2*1-2H3,(H,5,6,7);1-2H3;3*2-3H,1H3,(H,5,6);6*2-3H,1H3;13*1-2H3. The molecule has 0 amide bonds. The van der Waals surface area contributed by atoms with Gasteiger partial charge in [-0.25, -0.2) is 34.3 Å². The molecule has 6 N–H and O–H groups in total. The molecule has 1 aromatic carbocycles. The molecule has 0 saturated carbocycles. The Morgan fingerprint density at radius 1 is 0.333 bits per heavy atom. The smallest absolute Gasteiger partial charge is 0.213 e. The zero-order valence-corrected chi connectivity index (χ0v) is 89.6. The van der Waals surface area contributed by atoms with Crippen LogP contribution in [0.1, 0.15) is 286 Å². The van der Waals surface area contributed by atoms with Gasteiger partial charge in [0.2, 0.25) is 11.8 Å². The number of aryl methyl sites for hydroxylation is 19. The first-order valence-corrected chi connectivity index (χ1v) is 47.0. The quantitative estimate of drug-likeness (QED) is 0.0821. The van der Waals surface area contributed by atoms with Gasteiger partial charge in [0.05, 0.1) is 41.7 Å². The third-order valence-electron chi connectivity index (χ3n) is 10.3. The van der Waals surface area contributed by atoms with Crippen LogP contribution in [-0.2, 0) is 0 Å². The largest absolute Gasteiger partial charge is 0.470 e. The van der Waals surface area contributed by atoms with Gasteiger partial charge >= 0.3 is 0 Å². The Morgan fingerprint density at radius 2 is 0.905 bits per heavy atom. The second-order valence-electron chi connectivity index (χ2n) is 20.0. The van der Waals surface area contributed by atoms with Gasteiger partial charge in [-0.1, -0.05) is 227 Å². The molecule has 0 atom stereocenters. The van der Waals surface area contributed by atoms with E-state index in [2.05, 4.69) is 153 Å². The molecule has 126 heavy (non-hydrogen) atoms. The van der Waals surface area contributed by atoms with Crippen LogP contribution in [0.25, 0.3) is 0 Å². The van der Waals surface area contributed by atoms with Crippen LogP contribution in [0.15, 0.2) is 217 Å². The molecule has 16 rings (SSSR count). The molecule has 0 aliphatic carbocycles. The summed E-state index contributed by atoms with van der Waals surface area (Å²) in [5.74, 6) is 8.96. The number of hydrogen-bond donors (Lipinski definition) is 6. The van der Waals surface area contributed by atoms with Crippen LogP contribution in [0.4, 0.5) is 0 Å². The minimum absolute atomic E-state index is 0.623. The Bertz CT molecular complexity index is 3280. The van der Waals surface area contributed by atoms with E-state index in [1.54, 1.807) is 135 Å². The van der Waals surface area contributed by atoms with Crippen molar-refractivity contribution < 1.29 is 22.2 Å². The predicted molar refractivity (Wildman–Crippen MR) is 546 cm³/mol. The Hall–Kier alpha value is -11.0. The van der Waals surface area contributed by atoms with Crippen LogP contribution < -0.4 is 0 Å². The van der Waals surface area contributed by atoms with E-state index in [9.17, 15) is 0 Å². The summed E-state index contributed by atoms with van der Waals surface area (Å²) in [6.07, 6.45) is 25.6. The van der Waals surface area contributed by atoms with E-state index in [4.69, 9.17) is 17.7 Å². The number of aromatic amines is 6. The van der Waals surface area contributed by atoms with Gasteiger partial charge in [0.1, 0.15) is 52.7 Å². The van der Waals surface area contributed by atoms with Crippen molar-refractivity contribution >= 4 is 45.5 Å². The van der Waals surface area contributed by atoms with Crippen molar-refractivity contribution in [3.8, 4) is 0 Å². The fourth-order valence-electron chi connectivity index (χ4n) is 5.68. The minimum Gasteiger partial charge on any atom is -0.470 e. The van der Waals surface area contributed by atoms with E-state index >= 15 is 0 Å². The van der Waals surface area contributed by atoms with Crippen LogP contribution in [-0.4, -0.2) is 105 Å². The Labute approximate surface area is 780 Å². The van der Waals surface area contributed by atoms with E-state index in [1.807, 2.05) is 355 Å². The lowest BCUT2D eigenvalue weighted by Crippen LogP contribution is -1.70. The summed E-state index contributed by atoms with van der Waals surface area (Å²) in [4.78, 5) is 43.4. The molecule has 15 aromatic heterocycles. The summed E-state index contributed by atoms with van der Waals surface area (Å²) in [7, 11) is 0. The Kier molecular flexibility index (Phi) is 142. The monoisotopic (exact) mass is 1830 g/mol. The first-order chi connectivity index (χ1) is 61.0. The Morgan fingerprint density at radius 3 is 1.03 bits per heavy atom. The van der Waals surface area contributed by atoms with Crippen LogP contribution >= 0.6 is 45.5 Å². The maximum Gasteiger partial charge on any atom is 0.213 e. The van der Waals surface area contributed by atoms with Gasteiger partial charge < -0.3 is 37.1 Å². The van der Waals surface area contributed by atoms with Crippen molar-refractivity contribution in [3.05, 3.63) is 301 Å². The molecule has 0 aliphatic rings. The maximum atomic E-state index is 4.86. The van der Waals surface area contributed by atoms with Crippen molar-refractivity contribution in [1.82, 2.24) is 105 Å². The summed E-state index contributed by atoms with van der Waals surface area (Å²) in [5.41, 5.74) is 6.58. The molecule has 0 spiro atoms. The number of hydrogen-bond acceptors (Lipinski definition) is 24. The van der Waals surface area contributed by atoms with Gasteiger partial charge in [0.25, 0.3) is 0 Å². The van der Waals surface area contributed by atoms with E-state index < -0.39 is 0 Å². The van der Waals surface area contributed by atoms with Crippen LogP contribution in [0.2, 0.25) is 0 Å². The number of benzene rings is 1. The van der Waals surface area contributed by atoms with Gasteiger partial charge in [-0.05, 0) is 170 Å². The second-order valence-corrected chi connectivity index (χ2v) is 24.3. The number of oxazole rings is 2. The molecule has 0 unspecified atom stereocenters. The van der Waals surface area contributed by atoms with Gasteiger partial charge in [-0.15, -0.1) is 44.2 Å². The number of aromatic nitrogens is 21. The van der Waals surface area contributed by atoms with Crippen molar-refractivity contribution in [2.24, 2.45) is 0 Å². The van der Waals surface area contributed by atoms with Gasteiger partial charge in [0, 0.05) is 114 Å². The van der Waals surface area contributed by atoms with Crippen molar-refractivity contribution in [2.75, 3.05) is 0 Å². The number of imidazole rings is 2. The number of H-pyrrole nitrogens is 6. The van der Waals surface area contributed by atoms with Gasteiger partial charge in [-0.2, -0.15) is 15.3 Å². The zero-order chi connectivity index (χ0) is 99.8. The molecule has 0 fully saturated rings. The van der Waals surface area contributed by atoms with E-state index in [1.165, 1.54) is 43.8 Å². The summed E-state index contributed by atoms with van der Waals surface area (Å²) >= 11 is 6.64. The average Bonchev–Trinajstić information content (AvgIpc) is 1.84. The highest BCUT2D eigenvalue weighted by Crippen LogP contribution is 2.04. The number of nitrogens with one attached hydrogen (secondary N) is 6. The molecule has 0 bridgehead atoms. The third-order valence-corrected chi connectivity index (χ3v) is 13.2. The highest BCUT2D eigenvalue weighted by atomic mass is 32.1. The summed E-state index contributed by atoms with van der Waals surface area (Å²) in [6.45, 7) is 88.5. The number of thiazole rings is 2. The number of furan rings is 1. The highest BCUT2D eigenvalue weighted by Gasteiger charge is 1.91. The fourth-order valence-corrected chi connectivity index (χ4v) is 7.47. The first-order valence-electron chi connectivity index (χ1n) is 43.6. The predicted octanol–water partition coefficient (Wildman–Crippen LogP) is 31.3. The van der Waals surface area contributed by atoms with E-state index in [-0.39, 0.29) is 0 Å². The van der Waals surface area contributed by atoms with Crippen LogP contribution in [0.3, 0.4) is 0 Å². The number of rotatable bonds is 0. The normalized spacial score (nSPS) is 7.72. The van der Waals surface area contributed by atoms with Crippen molar-refractivity contribution in [1.29, 1.82) is 0 Å². The molecule has 15 heterocycles. The second kappa shape index (κ2) is 125. The molecular weight excluding hydrogens is 1660 g/mol. The molecular formula is C96H173N21O5S4. The van der Waals surface area contributed by atoms with E-state index in [0.29, 0.717) is 11.8 Å². The topological polar surface area (TPSA) is 354 Å². The molecule has 0 aliphatic heterocycles. The minimum atomic E-state index is 0.623. The summed E-state index contributed by atoms with van der Waals surface area (Å²) < 4.78 is 27.6. The zero-order valence-electron chi connectivity index (χ0n) is 86.4. The molecule has 0 radical (unpaired) electrons. The molecule has 0 saturated heterocycles. The SMILES string of the molecule is CC.CC.CC.CC.CC.CC.CC.CC.CC.CC.CC.CC.CC.Cc1ccc[nH]1.Cc1ccccc1.Cc1ccco1.Cc1cccs1.Cc1ccn[nH]1.Cc1ccno1.Cc1ccns1.Cc1cnc[nH]1.Cc1cnco1.Cc1cncs1.Cc1n[nH]c(C)n1.Cc1n[nH]c(C)n1.Cc1ncc[nH]1.Cc1ncco1.Cc1nccs1.Cc1nnc(C)o1. The van der Waals surface area contributed by atoms with Gasteiger partial charge in [0.15, 0.2) is 12.3 Å². The van der Waals surface area contributed by atoms with Crippen LogP contribution in [0.5, 0.6) is 0 Å². The van der Waals surface area contributed by atoms with Gasteiger partial charge in [-0.3, -0.25) is 25.3 Å². The highest BCUT2D eigenvalue weighted by molar-refractivity contribution is 7.10. The van der Waals surface area contributed by atoms with Crippen molar-refractivity contribution in [3.63, 3.8) is 0 Å². The summed E-state index contributed by atoms with van der Waals surface area (Å²) in [5, 5.41) is 35.2. The average molecular weight is 1830 g/mol. The molecule has 26 nitrogen and oxygen atoms in total. The lowest BCUT2D eigenvalue weighted by molar-refractivity contribution is 0.397. The number of nitrogens with zero attached hydrogens (tertiary/aromatic N) is 15. The third kappa shape index (κ3) is 122. The molecule has 16 aromatic rings.